The number of aromatic nitrogens is 1. The molecule has 62 heavy (non-hydrogen) atoms. The predicted molar refractivity (Wildman–Crippen MR) is 266 cm³/mol. The Hall–Kier alpha value is -7.94. The van der Waals surface area contributed by atoms with Gasteiger partial charge in [0.15, 0.2) is 0 Å². The molecule has 0 fully saturated rings. The molecule has 0 aliphatic carbocycles. The highest BCUT2D eigenvalue weighted by molar-refractivity contribution is 6.13. The topological polar surface area (TPSA) is 8.17 Å². The number of fused-ring (bicyclic) bond motifs is 5. The summed E-state index contributed by atoms with van der Waals surface area (Å²) in [6.07, 6.45) is 4.38. The summed E-state index contributed by atoms with van der Waals surface area (Å²) >= 11 is 0. The SMILES string of the molecule is C/C=C\c1c(-c2ccc(N(c3ccc(-c4ccc(-n5c6ccccc6c6cc7ccccc7cc65)cc4)cc3)c3cccc(-c4ccccc4)c3)cc2)cc2ccccc2c1C. The van der Waals surface area contributed by atoms with Gasteiger partial charge in [-0.25, -0.2) is 0 Å². The fourth-order valence-corrected chi connectivity index (χ4v) is 9.40. The molecule has 2 nitrogen and oxygen atoms in total. The second-order valence-corrected chi connectivity index (χ2v) is 16.1. The molecule has 0 amide bonds. The minimum absolute atomic E-state index is 1.09. The van der Waals surface area contributed by atoms with Crippen LogP contribution in [0.25, 0.3) is 88.5 Å². The molecule has 0 unspecified atom stereocenters. The Bertz CT molecular complexity index is 3450. The molecule has 11 aromatic rings. The zero-order valence-corrected chi connectivity index (χ0v) is 34.8. The van der Waals surface area contributed by atoms with E-state index in [0.717, 1.165) is 22.7 Å². The van der Waals surface area contributed by atoms with Crippen LogP contribution in [0.3, 0.4) is 0 Å². The molecule has 0 spiro atoms. The summed E-state index contributed by atoms with van der Waals surface area (Å²) in [5, 5.41) is 7.60. The van der Waals surface area contributed by atoms with Gasteiger partial charge in [0.2, 0.25) is 0 Å². The number of allylic oxidation sites excluding steroid dienone is 1. The number of benzene rings is 10. The first-order chi connectivity index (χ1) is 30.6. The van der Waals surface area contributed by atoms with Crippen molar-refractivity contribution in [2.75, 3.05) is 4.90 Å². The molecule has 0 aliphatic rings. The van der Waals surface area contributed by atoms with Gasteiger partial charge < -0.3 is 9.47 Å². The van der Waals surface area contributed by atoms with Crippen LogP contribution in [0.4, 0.5) is 17.1 Å². The van der Waals surface area contributed by atoms with Crippen LogP contribution in [0.2, 0.25) is 0 Å². The average Bonchev–Trinajstić information content (AvgIpc) is 3.65. The molecule has 2 heteroatoms. The van der Waals surface area contributed by atoms with Crippen molar-refractivity contribution in [1.82, 2.24) is 4.57 Å². The van der Waals surface area contributed by atoms with Gasteiger partial charge in [0.25, 0.3) is 0 Å². The van der Waals surface area contributed by atoms with Gasteiger partial charge in [0.1, 0.15) is 0 Å². The standard InChI is InChI=1S/C60H44N2/c1-3-14-55-41(2)54-22-10-9-19-49(54)39-57(55)45-29-35-51(36-30-45)61(53-21-13-20-46(37-53)42-15-5-4-6-16-42)50-31-25-43(26-32-50)44-27-33-52(34-28-44)62-59-24-12-11-23-56(59)58-38-47-17-7-8-18-48(47)40-60(58)62/h3-40H,1-2H3/b14-3-. The van der Waals surface area contributed by atoms with Crippen LogP contribution >= 0.6 is 0 Å². The van der Waals surface area contributed by atoms with E-state index in [1.807, 2.05) is 0 Å². The third-order valence-corrected chi connectivity index (χ3v) is 12.5. The zero-order valence-electron chi connectivity index (χ0n) is 34.8. The second kappa shape index (κ2) is 15.6. The third kappa shape index (κ3) is 6.54. The predicted octanol–water partition coefficient (Wildman–Crippen LogP) is 16.9. The van der Waals surface area contributed by atoms with Gasteiger partial charge in [-0.2, -0.15) is 0 Å². The lowest BCUT2D eigenvalue weighted by molar-refractivity contribution is 1.18. The van der Waals surface area contributed by atoms with Crippen LogP contribution in [0, 0.1) is 6.92 Å². The summed E-state index contributed by atoms with van der Waals surface area (Å²) in [4.78, 5) is 2.37. The number of anilines is 3. The number of nitrogens with zero attached hydrogens (tertiary/aromatic N) is 2. The van der Waals surface area contributed by atoms with E-state index in [2.05, 4.69) is 254 Å². The third-order valence-electron chi connectivity index (χ3n) is 12.5. The van der Waals surface area contributed by atoms with E-state index < -0.39 is 0 Å². The smallest absolute Gasteiger partial charge is 0.0547 e. The summed E-state index contributed by atoms with van der Waals surface area (Å²) in [6.45, 7) is 4.33. The first-order valence-corrected chi connectivity index (χ1v) is 21.5. The van der Waals surface area contributed by atoms with E-state index in [4.69, 9.17) is 0 Å². The lowest BCUT2D eigenvalue weighted by atomic mass is 9.90. The highest BCUT2D eigenvalue weighted by Gasteiger charge is 2.17. The molecular weight excluding hydrogens is 749 g/mol. The minimum atomic E-state index is 1.09. The second-order valence-electron chi connectivity index (χ2n) is 16.1. The van der Waals surface area contributed by atoms with E-state index in [0.29, 0.717) is 0 Å². The van der Waals surface area contributed by atoms with Crippen LogP contribution in [0.5, 0.6) is 0 Å². The molecule has 0 N–H and O–H groups in total. The molecule has 0 saturated carbocycles. The Balaban J connectivity index is 0.966. The quantitative estimate of drug-likeness (QED) is 0.149. The molecule has 0 aliphatic heterocycles. The Labute approximate surface area is 362 Å². The van der Waals surface area contributed by atoms with Crippen molar-refractivity contribution in [3.63, 3.8) is 0 Å². The molecule has 0 saturated heterocycles. The monoisotopic (exact) mass is 792 g/mol. The summed E-state index contributed by atoms with van der Waals surface area (Å²) in [7, 11) is 0. The van der Waals surface area contributed by atoms with Crippen molar-refractivity contribution in [2.45, 2.75) is 13.8 Å². The molecule has 1 heterocycles. The molecule has 1 aromatic heterocycles. The van der Waals surface area contributed by atoms with E-state index in [-0.39, 0.29) is 0 Å². The molecule has 0 atom stereocenters. The van der Waals surface area contributed by atoms with Crippen LogP contribution < -0.4 is 4.90 Å². The lowest BCUT2D eigenvalue weighted by Crippen LogP contribution is -2.10. The molecule has 10 aromatic carbocycles. The van der Waals surface area contributed by atoms with Crippen LogP contribution in [-0.2, 0) is 0 Å². The normalized spacial score (nSPS) is 11.6. The van der Waals surface area contributed by atoms with E-state index >= 15 is 0 Å². The van der Waals surface area contributed by atoms with Crippen molar-refractivity contribution in [3.05, 3.63) is 236 Å². The number of para-hydroxylation sites is 1. The van der Waals surface area contributed by atoms with Gasteiger partial charge in [-0.15, -0.1) is 0 Å². The van der Waals surface area contributed by atoms with Crippen molar-refractivity contribution in [2.24, 2.45) is 0 Å². The van der Waals surface area contributed by atoms with Crippen molar-refractivity contribution < 1.29 is 0 Å². The summed E-state index contributed by atoms with van der Waals surface area (Å²) in [5.74, 6) is 0. The maximum absolute atomic E-state index is 2.40. The molecule has 294 valence electrons. The first kappa shape index (κ1) is 37.1. The van der Waals surface area contributed by atoms with Crippen LogP contribution in [0.15, 0.2) is 224 Å². The fourth-order valence-electron chi connectivity index (χ4n) is 9.40. The highest BCUT2D eigenvalue weighted by Crippen LogP contribution is 2.41. The van der Waals surface area contributed by atoms with Crippen LogP contribution in [0.1, 0.15) is 18.1 Å². The number of aryl methyl sites for hydroxylation is 1. The lowest BCUT2D eigenvalue weighted by Gasteiger charge is -2.26. The average molecular weight is 793 g/mol. The Morgan fingerprint density at radius 3 is 1.66 bits per heavy atom. The Morgan fingerprint density at radius 1 is 0.387 bits per heavy atom. The molecule has 11 rings (SSSR count). The van der Waals surface area contributed by atoms with Gasteiger partial charge in [0, 0.05) is 33.5 Å². The number of hydrogen-bond acceptors (Lipinski definition) is 1. The summed E-state index contributed by atoms with van der Waals surface area (Å²) in [5.41, 5.74) is 16.6. The fraction of sp³-hybridized carbons (Fsp3) is 0.0333. The van der Waals surface area contributed by atoms with E-state index in [9.17, 15) is 0 Å². The van der Waals surface area contributed by atoms with Gasteiger partial charge in [0.05, 0.1) is 11.0 Å². The summed E-state index contributed by atoms with van der Waals surface area (Å²) < 4.78 is 2.40. The number of rotatable bonds is 8. The summed E-state index contributed by atoms with van der Waals surface area (Å²) in [6, 6.07) is 79.6. The Morgan fingerprint density at radius 2 is 0.952 bits per heavy atom. The van der Waals surface area contributed by atoms with E-state index in [1.165, 1.54) is 87.9 Å². The van der Waals surface area contributed by atoms with Crippen molar-refractivity contribution >= 4 is 66.5 Å². The van der Waals surface area contributed by atoms with Crippen LogP contribution in [-0.4, -0.2) is 4.57 Å². The van der Waals surface area contributed by atoms with Crippen molar-refractivity contribution in [1.29, 1.82) is 0 Å². The highest BCUT2D eigenvalue weighted by atomic mass is 15.1. The minimum Gasteiger partial charge on any atom is -0.310 e. The maximum Gasteiger partial charge on any atom is 0.0547 e. The molecule has 0 radical (unpaired) electrons. The Kier molecular flexibility index (Phi) is 9.32. The van der Waals surface area contributed by atoms with E-state index in [1.54, 1.807) is 0 Å². The number of hydrogen-bond donors (Lipinski definition) is 0. The largest absolute Gasteiger partial charge is 0.310 e. The maximum atomic E-state index is 2.40. The van der Waals surface area contributed by atoms with Gasteiger partial charge in [-0.05, 0) is 153 Å². The molecule has 0 bridgehead atoms. The van der Waals surface area contributed by atoms with Crippen molar-refractivity contribution in [3.8, 4) is 39.1 Å². The van der Waals surface area contributed by atoms with Gasteiger partial charge in [-0.1, -0.05) is 158 Å². The zero-order chi connectivity index (χ0) is 41.6. The van der Waals surface area contributed by atoms with Gasteiger partial charge >= 0.3 is 0 Å². The first-order valence-electron chi connectivity index (χ1n) is 21.5. The molecular formula is C60H44N2. The van der Waals surface area contributed by atoms with Gasteiger partial charge in [-0.3, -0.25) is 0 Å².